The molecule has 130 valence electrons. The molecule has 0 aliphatic heterocycles. The van der Waals surface area contributed by atoms with E-state index in [2.05, 4.69) is 41.5 Å². The zero-order chi connectivity index (χ0) is 17.4. The fourth-order valence-corrected chi connectivity index (χ4v) is 3.15. The number of aromatic nitrogens is 3. The molecule has 0 bridgehead atoms. The van der Waals surface area contributed by atoms with Gasteiger partial charge in [-0.3, -0.25) is 4.79 Å². The maximum absolute atomic E-state index is 12.4. The van der Waals surface area contributed by atoms with Gasteiger partial charge >= 0.3 is 0 Å². The summed E-state index contributed by atoms with van der Waals surface area (Å²) in [5.41, 5.74) is 3.28. The number of methoxy groups -OCH3 is 1. The number of anilines is 1. The minimum atomic E-state index is -0.0307. The molecule has 0 saturated heterocycles. The zero-order valence-corrected chi connectivity index (χ0v) is 15.2. The number of hydrogen-bond donors (Lipinski definition) is 1. The summed E-state index contributed by atoms with van der Waals surface area (Å²) in [6.07, 6.45) is 3.44. The van der Waals surface area contributed by atoms with Crippen molar-refractivity contribution in [1.29, 1.82) is 0 Å². The first kappa shape index (κ1) is 18.5. The van der Waals surface area contributed by atoms with Gasteiger partial charge in [-0.1, -0.05) is 43.8 Å². The van der Waals surface area contributed by atoms with Crippen LogP contribution in [0.4, 0.5) is 5.69 Å². The number of carbonyl (C=O) groups is 1. The van der Waals surface area contributed by atoms with Crippen molar-refractivity contribution in [3.63, 3.8) is 0 Å². The Kier molecular flexibility index (Phi) is 7.27. The van der Waals surface area contributed by atoms with Crippen LogP contribution in [-0.2, 0) is 28.9 Å². The van der Waals surface area contributed by atoms with E-state index in [1.807, 2.05) is 10.6 Å². The van der Waals surface area contributed by atoms with Crippen molar-refractivity contribution in [3.8, 4) is 0 Å². The Morgan fingerprint density at radius 3 is 2.62 bits per heavy atom. The molecule has 0 saturated carbocycles. The SMILES string of the molecule is CCc1cccc(CC)c1NC(=O)CSc1nncn1CCOC. The second kappa shape index (κ2) is 9.44. The van der Waals surface area contributed by atoms with E-state index in [-0.39, 0.29) is 5.91 Å². The number of hydrogen-bond acceptors (Lipinski definition) is 5. The quantitative estimate of drug-likeness (QED) is 0.706. The third-order valence-electron chi connectivity index (χ3n) is 3.71. The van der Waals surface area contributed by atoms with Crippen molar-refractivity contribution in [3.05, 3.63) is 35.7 Å². The largest absolute Gasteiger partial charge is 0.383 e. The Bertz CT molecular complexity index is 650. The van der Waals surface area contributed by atoms with Crippen LogP contribution in [0.15, 0.2) is 29.7 Å². The molecule has 2 rings (SSSR count). The monoisotopic (exact) mass is 348 g/mol. The molecule has 0 radical (unpaired) electrons. The molecular formula is C17H24N4O2S. The lowest BCUT2D eigenvalue weighted by Gasteiger charge is -2.14. The van der Waals surface area contributed by atoms with Crippen molar-refractivity contribution in [2.24, 2.45) is 0 Å². The van der Waals surface area contributed by atoms with Gasteiger partial charge < -0.3 is 14.6 Å². The van der Waals surface area contributed by atoms with Gasteiger partial charge in [-0.2, -0.15) is 0 Å². The predicted octanol–water partition coefficient (Wildman–Crippen LogP) is 2.78. The number of aryl methyl sites for hydroxylation is 2. The van der Waals surface area contributed by atoms with E-state index in [1.54, 1.807) is 13.4 Å². The number of rotatable bonds is 9. The Balaban J connectivity index is 1.98. The highest BCUT2D eigenvalue weighted by molar-refractivity contribution is 7.99. The highest BCUT2D eigenvalue weighted by Crippen LogP contribution is 2.23. The molecule has 1 heterocycles. The number of ether oxygens (including phenoxy) is 1. The average molecular weight is 348 g/mol. The molecule has 0 aliphatic rings. The summed E-state index contributed by atoms with van der Waals surface area (Å²) in [6.45, 7) is 5.45. The third kappa shape index (κ3) is 4.82. The number of nitrogens with one attached hydrogen (secondary N) is 1. The van der Waals surface area contributed by atoms with Crippen LogP contribution in [0.2, 0.25) is 0 Å². The van der Waals surface area contributed by atoms with Crippen LogP contribution in [0.1, 0.15) is 25.0 Å². The van der Waals surface area contributed by atoms with Crippen LogP contribution >= 0.6 is 11.8 Å². The summed E-state index contributed by atoms with van der Waals surface area (Å²) in [5, 5.41) is 11.7. The second-order valence-corrected chi connectivity index (χ2v) is 6.24. The summed E-state index contributed by atoms with van der Waals surface area (Å²) < 4.78 is 6.95. The Morgan fingerprint density at radius 1 is 1.29 bits per heavy atom. The highest BCUT2D eigenvalue weighted by Gasteiger charge is 2.12. The van der Waals surface area contributed by atoms with E-state index in [4.69, 9.17) is 4.74 Å². The van der Waals surface area contributed by atoms with Crippen molar-refractivity contribution in [2.45, 2.75) is 38.4 Å². The van der Waals surface area contributed by atoms with Gasteiger partial charge in [0.05, 0.1) is 12.4 Å². The van der Waals surface area contributed by atoms with Gasteiger partial charge in [-0.15, -0.1) is 10.2 Å². The molecular weight excluding hydrogens is 324 g/mol. The molecule has 0 unspecified atom stereocenters. The second-order valence-electron chi connectivity index (χ2n) is 5.29. The summed E-state index contributed by atoms with van der Waals surface area (Å²) in [6, 6.07) is 6.16. The topological polar surface area (TPSA) is 69.0 Å². The first-order valence-corrected chi connectivity index (χ1v) is 9.08. The van der Waals surface area contributed by atoms with E-state index < -0.39 is 0 Å². The third-order valence-corrected chi connectivity index (χ3v) is 4.69. The molecule has 1 aromatic carbocycles. The molecule has 7 heteroatoms. The van der Waals surface area contributed by atoms with Crippen LogP contribution in [0.25, 0.3) is 0 Å². The first-order valence-electron chi connectivity index (χ1n) is 8.09. The van der Waals surface area contributed by atoms with Crippen LogP contribution in [0.3, 0.4) is 0 Å². The summed E-state index contributed by atoms with van der Waals surface area (Å²) in [5.74, 6) is 0.268. The lowest BCUT2D eigenvalue weighted by atomic mass is 10.0. The molecule has 0 aliphatic carbocycles. The lowest BCUT2D eigenvalue weighted by molar-refractivity contribution is -0.113. The lowest BCUT2D eigenvalue weighted by Crippen LogP contribution is -2.17. The maximum Gasteiger partial charge on any atom is 0.234 e. The number of benzene rings is 1. The fraction of sp³-hybridized carbons (Fsp3) is 0.471. The van der Waals surface area contributed by atoms with Gasteiger partial charge in [-0.05, 0) is 24.0 Å². The molecule has 6 nitrogen and oxygen atoms in total. The molecule has 1 aromatic heterocycles. The summed E-state index contributed by atoms with van der Waals surface area (Å²) in [4.78, 5) is 12.4. The maximum atomic E-state index is 12.4. The molecule has 0 atom stereocenters. The van der Waals surface area contributed by atoms with Crippen LogP contribution in [-0.4, -0.2) is 40.1 Å². The average Bonchev–Trinajstić information content (AvgIpc) is 3.05. The highest BCUT2D eigenvalue weighted by atomic mass is 32.2. The van der Waals surface area contributed by atoms with Crippen LogP contribution in [0, 0.1) is 0 Å². The van der Waals surface area contributed by atoms with E-state index in [1.165, 1.54) is 11.8 Å². The molecule has 0 spiro atoms. The Hall–Kier alpha value is -1.86. The van der Waals surface area contributed by atoms with Gasteiger partial charge in [-0.25, -0.2) is 0 Å². The number of thioether (sulfide) groups is 1. The van der Waals surface area contributed by atoms with Gasteiger partial charge in [0, 0.05) is 19.3 Å². The Labute approximate surface area is 147 Å². The van der Waals surface area contributed by atoms with Crippen molar-refractivity contribution < 1.29 is 9.53 Å². The number of para-hydroxylation sites is 1. The summed E-state index contributed by atoms with van der Waals surface area (Å²) in [7, 11) is 1.65. The molecule has 0 fully saturated rings. The standard InChI is InChI=1S/C17H24N4O2S/c1-4-13-7-6-8-14(5-2)16(13)19-15(22)11-24-17-20-18-12-21(17)9-10-23-3/h6-8,12H,4-5,9-11H2,1-3H3,(H,19,22). The van der Waals surface area contributed by atoms with Crippen LogP contribution in [0.5, 0.6) is 0 Å². The summed E-state index contributed by atoms with van der Waals surface area (Å²) >= 11 is 1.38. The Morgan fingerprint density at radius 2 is 2.00 bits per heavy atom. The van der Waals surface area contributed by atoms with Crippen molar-refractivity contribution in [1.82, 2.24) is 14.8 Å². The zero-order valence-electron chi connectivity index (χ0n) is 14.4. The van der Waals surface area contributed by atoms with Gasteiger partial charge in [0.1, 0.15) is 6.33 Å². The normalized spacial score (nSPS) is 10.8. The van der Waals surface area contributed by atoms with Crippen LogP contribution < -0.4 is 5.32 Å². The van der Waals surface area contributed by atoms with Crippen molar-refractivity contribution >= 4 is 23.4 Å². The van der Waals surface area contributed by atoms with E-state index in [0.717, 1.165) is 34.8 Å². The molecule has 24 heavy (non-hydrogen) atoms. The molecule has 1 N–H and O–H groups in total. The smallest absolute Gasteiger partial charge is 0.234 e. The minimum Gasteiger partial charge on any atom is -0.383 e. The molecule has 2 aromatic rings. The number of carbonyl (C=O) groups excluding carboxylic acids is 1. The number of amides is 1. The number of nitrogens with zero attached hydrogens (tertiary/aromatic N) is 3. The minimum absolute atomic E-state index is 0.0307. The predicted molar refractivity (Wildman–Crippen MR) is 96.4 cm³/mol. The molecule has 1 amide bonds. The van der Waals surface area contributed by atoms with E-state index in [9.17, 15) is 4.79 Å². The van der Waals surface area contributed by atoms with Gasteiger partial charge in [0.2, 0.25) is 5.91 Å². The van der Waals surface area contributed by atoms with Gasteiger partial charge in [0.25, 0.3) is 0 Å². The van der Waals surface area contributed by atoms with Gasteiger partial charge in [0.15, 0.2) is 5.16 Å². The van der Waals surface area contributed by atoms with E-state index in [0.29, 0.717) is 18.9 Å². The van der Waals surface area contributed by atoms with Crippen molar-refractivity contribution in [2.75, 3.05) is 24.8 Å². The van der Waals surface area contributed by atoms with E-state index >= 15 is 0 Å². The fourth-order valence-electron chi connectivity index (χ4n) is 2.41. The first-order chi connectivity index (χ1) is 11.7.